The zero-order valence-electron chi connectivity index (χ0n) is 18.6. The van der Waals surface area contributed by atoms with Gasteiger partial charge in [-0.15, -0.1) is 0 Å². The molecular formula is C21H30N6O4S. The van der Waals surface area contributed by atoms with Gasteiger partial charge >= 0.3 is 0 Å². The van der Waals surface area contributed by atoms with Crippen molar-refractivity contribution >= 4 is 21.4 Å². The van der Waals surface area contributed by atoms with Crippen molar-refractivity contribution in [1.82, 2.24) is 14.3 Å². The minimum atomic E-state index is -3.72. The first-order chi connectivity index (χ1) is 15.3. The number of nitrogens with two attached hydrogens (primary N) is 1. The van der Waals surface area contributed by atoms with E-state index in [9.17, 15) is 13.2 Å². The average Bonchev–Trinajstić information content (AvgIpc) is 2.72. The number of nitrogens with zero attached hydrogens (tertiary/aromatic N) is 2. The highest BCUT2D eigenvalue weighted by Crippen LogP contribution is 2.33. The van der Waals surface area contributed by atoms with Crippen molar-refractivity contribution in [3.05, 3.63) is 34.2 Å². The summed E-state index contributed by atoms with van der Waals surface area (Å²) < 4.78 is 33.2. The van der Waals surface area contributed by atoms with Gasteiger partial charge in [0.2, 0.25) is 10.0 Å². The van der Waals surface area contributed by atoms with Crippen LogP contribution in [0.15, 0.2) is 27.9 Å². The van der Waals surface area contributed by atoms with E-state index >= 15 is 0 Å². The van der Waals surface area contributed by atoms with Crippen molar-refractivity contribution in [2.75, 3.05) is 38.6 Å². The van der Waals surface area contributed by atoms with E-state index in [2.05, 4.69) is 15.3 Å². The standard InChI is InChI=1S/C21H30N6O4S/c1-4-6-16(23)18-19(24-3)21(28)26-20(25-18)15-9-14(7-8-17(15)31-5-2)32(29,30)27-11-13(10-22)12-27/h7-9,13,23-24H,4-6,10-12,22H2,1-3H3,(H,25,26,28). The Morgan fingerprint density at radius 1 is 1.38 bits per heavy atom. The van der Waals surface area contributed by atoms with Gasteiger partial charge in [-0.2, -0.15) is 4.31 Å². The summed E-state index contributed by atoms with van der Waals surface area (Å²) >= 11 is 0. The number of nitrogens with one attached hydrogen (secondary N) is 3. The van der Waals surface area contributed by atoms with Crippen LogP contribution in [0.5, 0.6) is 5.75 Å². The monoisotopic (exact) mass is 462 g/mol. The van der Waals surface area contributed by atoms with E-state index in [1.165, 1.54) is 16.4 Å². The molecule has 2 heterocycles. The van der Waals surface area contributed by atoms with Crippen LogP contribution < -0.4 is 21.3 Å². The molecule has 10 nitrogen and oxygen atoms in total. The Balaban J connectivity index is 2.13. The molecule has 1 aromatic carbocycles. The van der Waals surface area contributed by atoms with E-state index in [1.54, 1.807) is 13.1 Å². The van der Waals surface area contributed by atoms with Crippen LogP contribution in [0.2, 0.25) is 0 Å². The van der Waals surface area contributed by atoms with Gasteiger partial charge < -0.3 is 26.2 Å². The van der Waals surface area contributed by atoms with E-state index in [1.807, 2.05) is 13.8 Å². The molecule has 0 aliphatic carbocycles. The van der Waals surface area contributed by atoms with Crippen LogP contribution >= 0.6 is 0 Å². The molecule has 11 heteroatoms. The predicted octanol–water partition coefficient (Wildman–Crippen LogP) is 1.62. The fraction of sp³-hybridized carbons (Fsp3) is 0.476. The highest BCUT2D eigenvalue weighted by molar-refractivity contribution is 7.89. The van der Waals surface area contributed by atoms with Gasteiger partial charge in [0.25, 0.3) is 5.56 Å². The number of benzene rings is 1. The molecule has 0 unspecified atom stereocenters. The first kappa shape index (κ1) is 23.9. The molecule has 0 spiro atoms. The highest BCUT2D eigenvalue weighted by Gasteiger charge is 2.36. The Kier molecular flexibility index (Phi) is 7.32. The molecule has 0 atom stereocenters. The Morgan fingerprint density at radius 3 is 2.69 bits per heavy atom. The second kappa shape index (κ2) is 9.80. The average molecular weight is 463 g/mol. The first-order valence-electron chi connectivity index (χ1n) is 10.6. The lowest BCUT2D eigenvalue weighted by Crippen LogP contribution is -2.52. The number of H-pyrrole nitrogens is 1. The minimum Gasteiger partial charge on any atom is -0.493 e. The van der Waals surface area contributed by atoms with Crippen LogP contribution in [0.25, 0.3) is 11.4 Å². The number of aromatic nitrogens is 2. The van der Waals surface area contributed by atoms with Crippen molar-refractivity contribution in [3.8, 4) is 17.1 Å². The Labute approximate surface area is 187 Å². The summed E-state index contributed by atoms with van der Waals surface area (Å²) in [6.45, 7) is 5.30. The molecule has 3 rings (SSSR count). The number of aromatic amines is 1. The number of hydrogen-bond acceptors (Lipinski definition) is 8. The summed E-state index contributed by atoms with van der Waals surface area (Å²) in [5.74, 6) is 0.697. The normalized spacial score (nSPS) is 14.8. The number of sulfonamides is 1. The van der Waals surface area contributed by atoms with E-state index in [0.717, 1.165) is 6.42 Å². The van der Waals surface area contributed by atoms with Crippen LogP contribution in [0, 0.1) is 11.3 Å². The number of rotatable bonds is 10. The van der Waals surface area contributed by atoms with Gasteiger partial charge in [-0.25, -0.2) is 13.4 Å². The van der Waals surface area contributed by atoms with Gasteiger partial charge in [-0.05, 0) is 44.0 Å². The molecule has 1 aromatic heterocycles. The Hall–Kier alpha value is -2.76. The zero-order valence-corrected chi connectivity index (χ0v) is 19.4. The molecule has 1 saturated heterocycles. The summed E-state index contributed by atoms with van der Waals surface area (Å²) in [5, 5.41) is 11.1. The molecule has 2 aromatic rings. The van der Waals surface area contributed by atoms with Crippen molar-refractivity contribution in [2.24, 2.45) is 11.7 Å². The summed E-state index contributed by atoms with van der Waals surface area (Å²) in [4.78, 5) is 20.0. The van der Waals surface area contributed by atoms with E-state index < -0.39 is 15.6 Å². The minimum absolute atomic E-state index is 0.0805. The molecule has 0 bridgehead atoms. The maximum absolute atomic E-state index is 13.1. The fourth-order valence-electron chi connectivity index (χ4n) is 3.57. The van der Waals surface area contributed by atoms with Crippen LogP contribution in [0.4, 0.5) is 5.69 Å². The topological polar surface area (TPSA) is 154 Å². The van der Waals surface area contributed by atoms with Crippen LogP contribution in [-0.4, -0.2) is 61.7 Å². The molecule has 0 radical (unpaired) electrons. The third-order valence-electron chi connectivity index (χ3n) is 5.36. The lowest BCUT2D eigenvalue weighted by molar-refractivity contribution is 0.207. The third kappa shape index (κ3) is 4.54. The highest BCUT2D eigenvalue weighted by atomic mass is 32.2. The van der Waals surface area contributed by atoms with Gasteiger partial charge in [-0.1, -0.05) is 13.3 Å². The largest absolute Gasteiger partial charge is 0.493 e. The van der Waals surface area contributed by atoms with Gasteiger partial charge in [0.15, 0.2) is 0 Å². The molecule has 0 saturated carbocycles. The van der Waals surface area contributed by atoms with E-state index in [4.69, 9.17) is 15.9 Å². The number of ether oxygens (including phenoxy) is 1. The summed E-state index contributed by atoms with van der Waals surface area (Å²) in [6.07, 6.45) is 1.18. The second-order valence-electron chi connectivity index (χ2n) is 7.63. The summed E-state index contributed by atoms with van der Waals surface area (Å²) in [5.41, 5.74) is 6.17. The predicted molar refractivity (Wildman–Crippen MR) is 124 cm³/mol. The first-order valence-corrected chi connectivity index (χ1v) is 12.1. The van der Waals surface area contributed by atoms with Crippen molar-refractivity contribution in [3.63, 3.8) is 0 Å². The maximum Gasteiger partial charge on any atom is 0.275 e. The lowest BCUT2D eigenvalue weighted by atomic mass is 10.0. The molecule has 1 aliphatic heterocycles. The Morgan fingerprint density at radius 2 is 2.09 bits per heavy atom. The van der Waals surface area contributed by atoms with Crippen molar-refractivity contribution in [1.29, 1.82) is 5.41 Å². The van der Waals surface area contributed by atoms with E-state index in [0.29, 0.717) is 44.0 Å². The molecule has 174 valence electrons. The van der Waals surface area contributed by atoms with Crippen LogP contribution in [0.3, 0.4) is 0 Å². The summed E-state index contributed by atoms with van der Waals surface area (Å²) in [7, 11) is -2.13. The van der Waals surface area contributed by atoms with E-state index in [-0.39, 0.29) is 33.7 Å². The summed E-state index contributed by atoms with van der Waals surface area (Å²) in [6, 6.07) is 4.51. The molecule has 5 N–H and O–H groups in total. The van der Waals surface area contributed by atoms with Gasteiger partial charge in [0.1, 0.15) is 23.0 Å². The molecule has 32 heavy (non-hydrogen) atoms. The second-order valence-corrected chi connectivity index (χ2v) is 9.57. The fourth-order valence-corrected chi connectivity index (χ4v) is 5.19. The zero-order chi connectivity index (χ0) is 23.5. The third-order valence-corrected chi connectivity index (χ3v) is 7.18. The maximum atomic E-state index is 13.1. The molecule has 0 amide bonds. The molecule has 1 fully saturated rings. The smallest absolute Gasteiger partial charge is 0.275 e. The Bertz CT molecular complexity index is 1160. The molecular weight excluding hydrogens is 432 g/mol. The van der Waals surface area contributed by atoms with Gasteiger partial charge in [0.05, 0.1) is 22.8 Å². The van der Waals surface area contributed by atoms with Gasteiger partial charge in [-0.3, -0.25) is 4.79 Å². The van der Waals surface area contributed by atoms with Crippen molar-refractivity contribution in [2.45, 2.75) is 31.6 Å². The van der Waals surface area contributed by atoms with Crippen LogP contribution in [-0.2, 0) is 10.0 Å². The van der Waals surface area contributed by atoms with Crippen LogP contribution in [0.1, 0.15) is 32.4 Å². The lowest BCUT2D eigenvalue weighted by Gasteiger charge is -2.37. The molecule has 1 aliphatic rings. The number of anilines is 1. The van der Waals surface area contributed by atoms with Crippen molar-refractivity contribution < 1.29 is 13.2 Å². The van der Waals surface area contributed by atoms with Gasteiger partial charge in [0, 0.05) is 20.1 Å². The number of hydrogen-bond donors (Lipinski definition) is 4. The quantitative estimate of drug-likeness (QED) is 0.391. The SMILES string of the molecule is CCCC(=N)c1nc(-c2cc(S(=O)(=O)N3CC(CN)C3)ccc2OCC)[nH]c(=O)c1NC.